The number of hydrogen-bond acceptors (Lipinski definition) is 6. The molecule has 3 unspecified atom stereocenters. The van der Waals surface area contributed by atoms with Crippen LogP contribution in [0.2, 0.25) is 0 Å². The van der Waals surface area contributed by atoms with Crippen molar-refractivity contribution in [3.05, 3.63) is 65.7 Å². The summed E-state index contributed by atoms with van der Waals surface area (Å²) in [5, 5.41) is 3.08. The first-order valence-electron chi connectivity index (χ1n) is 12.8. The van der Waals surface area contributed by atoms with Gasteiger partial charge >= 0.3 is 6.09 Å². The molecule has 2 aromatic rings. The molecule has 3 fully saturated rings. The molecule has 4 atom stereocenters. The van der Waals surface area contributed by atoms with Crippen LogP contribution in [0.25, 0.3) is 0 Å². The highest BCUT2D eigenvalue weighted by molar-refractivity contribution is 5.94. The SMILES string of the molecule is COc1cccc(C(=O)N2CC3CN(CCC(NC(=O)OC4CCOC4)c4ccccc4)C[C@H]3C2)c1. The molecule has 3 saturated heterocycles. The van der Waals surface area contributed by atoms with Gasteiger partial charge in [0.25, 0.3) is 5.91 Å². The van der Waals surface area contributed by atoms with Crippen LogP contribution < -0.4 is 10.1 Å². The number of nitrogens with one attached hydrogen (secondary N) is 1. The molecule has 0 bridgehead atoms. The Hall–Kier alpha value is -3.10. The van der Waals surface area contributed by atoms with E-state index in [0.717, 1.165) is 51.1 Å². The van der Waals surface area contributed by atoms with Crippen LogP contribution in [-0.2, 0) is 9.47 Å². The van der Waals surface area contributed by atoms with E-state index in [4.69, 9.17) is 14.2 Å². The van der Waals surface area contributed by atoms with E-state index >= 15 is 0 Å². The van der Waals surface area contributed by atoms with Gasteiger partial charge in [0, 0.05) is 44.7 Å². The number of ether oxygens (including phenoxy) is 3. The Bertz CT molecular complexity index is 1030. The molecule has 8 nitrogen and oxygen atoms in total. The average Bonchev–Trinajstić information content (AvgIpc) is 3.64. The summed E-state index contributed by atoms with van der Waals surface area (Å²) >= 11 is 0. The second kappa shape index (κ2) is 11.3. The highest BCUT2D eigenvalue weighted by atomic mass is 16.6. The van der Waals surface area contributed by atoms with Crippen LogP contribution in [-0.4, -0.2) is 81.0 Å². The zero-order valence-corrected chi connectivity index (χ0v) is 20.8. The van der Waals surface area contributed by atoms with E-state index in [2.05, 4.69) is 10.2 Å². The van der Waals surface area contributed by atoms with Gasteiger partial charge in [-0.1, -0.05) is 36.4 Å². The molecule has 0 spiro atoms. The topological polar surface area (TPSA) is 80.3 Å². The van der Waals surface area contributed by atoms with Crippen molar-refractivity contribution in [3.63, 3.8) is 0 Å². The quantitative estimate of drug-likeness (QED) is 0.608. The van der Waals surface area contributed by atoms with E-state index in [9.17, 15) is 9.59 Å². The maximum Gasteiger partial charge on any atom is 0.407 e. The third-order valence-electron chi connectivity index (χ3n) is 7.56. The molecule has 36 heavy (non-hydrogen) atoms. The average molecular weight is 494 g/mol. The molecule has 0 radical (unpaired) electrons. The molecule has 2 amide bonds. The first kappa shape index (κ1) is 24.6. The lowest BCUT2D eigenvalue weighted by molar-refractivity contribution is 0.0773. The van der Waals surface area contributed by atoms with E-state index < -0.39 is 0 Å². The number of likely N-dealkylation sites (tertiary alicyclic amines) is 2. The second-order valence-electron chi connectivity index (χ2n) is 10.0. The smallest absolute Gasteiger partial charge is 0.407 e. The molecule has 192 valence electrons. The molecule has 2 aromatic carbocycles. The Kier molecular flexibility index (Phi) is 7.72. The lowest BCUT2D eigenvalue weighted by atomic mass is 10.0. The highest BCUT2D eigenvalue weighted by Gasteiger charge is 2.41. The standard InChI is InChI=1S/C28H35N3O5/c1-34-24-9-5-8-21(14-24)27(32)31-17-22-15-30(16-23(22)18-31)12-10-26(20-6-3-2-4-7-20)29-28(33)36-25-11-13-35-19-25/h2-9,14,22-23,25-26H,10-13,15-19H2,1H3,(H,29,33)/t22-,23?,25?,26?/m0/s1. The summed E-state index contributed by atoms with van der Waals surface area (Å²) in [5.74, 6) is 1.74. The predicted molar refractivity (Wildman–Crippen MR) is 135 cm³/mol. The zero-order chi connectivity index (χ0) is 24.9. The van der Waals surface area contributed by atoms with E-state index in [-0.39, 0.29) is 24.1 Å². The summed E-state index contributed by atoms with van der Waals surface area (Å²) in [6.45, 7) is 5.50. The zero-order valence-electron chi connectivity index (χ0n) is 20.8. The number of hydrogen-bond donors (Lipinski definition) is 1. The predicted octanol–water partition coefficient (Wildman–Crippen LogP) is 3.35. The van der Waals surface area contributed by atoms with Crippen LogP contribution in [0.3, 0.4) is 0 Å². The van der Waals surface area contributed by atoms with Crippen molar-refractivity contribution >= 4 is 12.0 Å². The van der Waals surface area contributed by atoms with Gasteiger partial charge in [0.2, 0.25) is 0 Å². The van der Waals surface area contributed by atoms with Crippen molar-refractivity contribution in [2.24, 2.45) is 11.8 Å². The molecule has 5 rings (SSSR count). The molecule has 0 aromatic heterocycles. The molecule has 8 heteroatoms. The Labute approximate surface area is 212 Å². The fraction of sp³-hybridized carbons (Fsp3) is 0.500. The van der Waals surface area contributed by atoms with Crippen molar-refractivity contribution in [1.29, 1.82) is 0 Å². The lowest BCUT2D eigenvalue weighted by Crippen LogP contribution is -2.36. The molecule has 1 N–H and O–H groups in total. The Morgan fingerprint density at radius 1 is 1.06 bits per heavy atom. The number of benzene rings is 2. The maximum atomic E-state index is 13.0. The third-order valence-corrected chi connectivity index (χ3v) is 7.56. The highest BCUT2D eigenvalue weighted by Crippen LogP contribution is 2.33. The largest absolute Gasteiger partial charge is 0.497 e. The number of alkyl carbamates (subject to hydrolysis) is 1. The van der Waals surface area contributed by atoms with Gasteiger partial charge < -0.3 is 29.3 Å². The summed E-state index contributed by atoms with van der Waals surface area (Å²) in [4.78, 5) is 30.0. The monoisotopic (exact) mass is 493 g/mol. The summed E-state index contributed by atoms with van der Waals surface area (Å²) in [6, 6.07) is 17.3. The van der Waals surface area contributed by atoms with Crippen molar-refractivity contribution in [1.82, 2.24) is 15.1 Å². The van der Waals surface area contributed by atoms with Gasteiger partial charge in [0.05, 0.1) is 26.4 Å². The maximum absolute atomic E-state index is 13.0. The number of carbonyl (C=O) groups excluding carboxylic acids is 2. The molecule has 3 aliphatic heterocycles. The minimum Gasteiger partial charge on any atom is -0.497 e. The van der Waals surface area contributed by atoms with E-state index in [1.807, 2.05) is 59.5 Å². The first-order chi connectivity index (χ1) is 17.6. The second-order valence-corrected chi connectivity index (χ2v) is 10.0. The Morgan fingerprint density at radius 3 is 2.53 bits per heavy atom. The summed E-state index contributed by atoms with van der Waals surface area (Å²) in [6.07, 6.45) is 0.995. The Morgan fingerprint density at radius 2 is 1.83 bits per heavy atom. The van der Waals surface area contributed by atoms with Crippen LogP contribution in [0, 0.1) is 11.8 Å². The van der Waals surface area contributed by atoms with Crippen LogP contribution in [0.4, 0.5) is 4.79 Å². The number of carbonyl (C=O) groups is 2. The van der Waals surface area contributed by atoms with Gasteiger partial charge in [-0.3, -0.25) is 4.79 Å². The summed E-state index contributed by atoms with van der Waals surface area (Å²) < 4.78 is 16.1. The number of nitrogens with zero attached hydrogens (tertiary/aromatic N) is 2. The van der Waals surface area contributed by atoms with Gasteiger partial charge in [-0.15, -0.1) is 0 Å². The summed E-state index contributed by atoms with van der Waals surface area (Å²) in [7, 11) is 1.61. The third kappa shape index (κ3) is 5.82. The number of methoxy groups -OCH3 is 1. The van der Waals surface area contributed by atoms with Crippen molar-refractivity contribution in [3.8, 4) is 5.75 Å². The lowest BCUT2D eigenvalue weighted by Gasteiger charge is -2.25. The van der Waals surface area contributed by atoms with Crippen LogP contribution in [0.1, 0.15) is 34.8 Å². The number of fused-ring (bicyclic) bond motifs is 1. The van der Waals surface area contributed by atoms with Gasteiger partial charge in [-0.2, -0.15) is 0 Å². The fourth-order valence-electron chi connectivity index (χ4n) is 5.63. The van der Waals surface area contributed by atoms with E-state index in [1.54, 1.807) is 7.11 Å². The first-order valence-corrected chi connectivity index (χ1v) is 12.8. The van der Waals surface area contributed by atoms with Gasteiger partial charge in [-0.05, 0) is 42.0 Å². The molecule has 3 aliphatic rings. The molecular weight excluding hydrogens is 458 g/mol. The van der Waals surface area contributed by atoms with Gasteiger partial charge in [-0.25, -0.2) is 4.79 Å². The van der Waals surface area contributed by atoms with Crippen molar-refractivity contribution < 1.29 is 23.8 Å². The van der Waals surface area contributed by atoms with E-state index in [1.165, 1.54) is 0 Å². The molecule has 0 saturated carbocycles. The summed E-state index contributed by atoms with van der Waals surface area (Å²) in [5.41, 5.74) is 1.76. The van der Waals surface area contributed by atoms with Gasteiger partial charge in [0.15, 0.2) is 0 Å². The minimum atomic E-state index is -0.385. The van der Waals surface area contributed by atoms with Crippen LogP contribution >= 0.6 is 0 Å². The fourth-order valence-corrected chi connectivity index (χ4v) is 5.63. The van der Waals surface area contributed by atoms with E-state index in [0.29, 0.717) is 36.4 Å². The molecule has 0 aliphatic carbocycles. The number of amides is 2. The Balaban J connectivity index is 1.13. The van der Waals surface area contributed by atoms with Crippen molar-refractivity contribution in [2.75, 3.05) is 53.0 Å². The van der Waals surface area contributed by atoms with Crippen molar-refractivity contribution in [2.45, 2.75) is 25.0 Å². The normalized spacial score (nSPS) is 24.4. The van der Waals surface area contributed by atoms with Crippen LogP contribution in [0.15, 0.2) is 54.6 Å². The van der Waals surface area contributed by atoms with Gasteiger partial charge in [0.1, 0.15) is 11.9 Å². The molecule has 3 heterocycles. The van der Waals surface area contributed by atoms with Crippen LogP contribution in [0.5, 0.6) is 5.75 Å². The minimum absolute atomic E-state index is 0.0781. The molecular formula is C28H35N3O5. The number of rotatable bonds is 8.